The Morgan fingerprint density at radius 1 is 1.10 bits per heavy atom. The molecule has 3 aromatic rings. The number of fused-ring (bicyclic) bond motifs is 1. The minimum Gasteiger partial charge on any atom is -0.319 e. The van der Waals surface area contributed by atoms with Gasteiger partial charge in [-0.15, -0.1) is 11.6 Å². The Morgan fingerprint density at radius 2 is 1.80 bits per heavy atom. The molecule has 3 rings (SSSR count). The third kappa shape index (κ3) is 2.49. The number of H-pyrrole nitrogens is 1. The molecule has 1 aromatic heterocycles. The van der Waals surface area contributed by atoms with Gasteiger partial charge < -0.3 is 4.98 Å². The van der Waals surface area contributed by atoms with E-state index in [0.717, 1.165) is 15.6 Å². The summed E-state index contributed by atoms with van der Waals surface area (Å²) in [5.74, 6) is 0. The Labute approximate surface area is 128 Å². The fourth-order valence-electron chi connectivity index (χ4n) is 2.01. The van der Waals surface area contributed by atoms with Gasteiger partial charge in [-0.25, -0.2) is 4.98 Å². The standard InChI is InChI=1S/C15H10BrClN2O/c16-10-7-5-9(6-8-10)13(17)14-15(20)19-12-4-2-1-3-11(12)18-14/h1-8,13H,(H,19,20)/t13-/m0/s1. The van der Waals surface area contributed by atoms with Crippen molar-refractivity contribution in [1.29, 1.82) is 0 Å². The van der Waals surface area contributed by atoms with Crippen molar-refractivity contribution in [1.82, 2.24) is 9.97 Å². The number of halogens is 2. The van der Waals surface area contributed by atoms with Gasteiger partial charge in [0.15, 0.2) is 0 Å². The molecule has 0 spiro atoms. The summed E-state index contributed by atoms with van der Waals surface area (Å²) in [5, 5.41) is -0.573. The van der Waals surface area contributed by atoms with Crippen LogP contribution in [0.1, 0.15) is 16.6 Å². The predicted molar refractivity (Wildman–Crippen MR) is 84.2 cm³/mol. The first-order valence-corrected chi connectivity index (χ1v) is 7.26. The molecule has 0 fully saturated rings. The minimum atomic E-state index is -0.573. The van der Waals surface area contributed by atoms with Crippen LogP contribution in [0.5, 0.6) is 0 Å². The van der Waals surface area contributed by atoms with Crippen molar-refractivity contribution in [3.63, 3.8) is 0 Å². The molecule has 0 aliphatic carbocycles. The molecular formula is C15H10BrClN2O. The second-order valence-electron chi connectivity index (χ2n) is 4.38. The van der Waals surface area contributed by atoms with Gasteiger partial charge in [0.05, 0.1) is 11.0 Å². The quantitative estimate of drug-likeness (QED) is 0.710. The van der Waals surface area contributed by atoms with Crippen LogP contribution in [0.25, 0.3) is 11.0 Å². The van der Waals surface area contributed by atoms with E-state index in [1.54, 1.807) is 0 Å². The fourth-order valence-corrected chi connectivity index (χ4v) is 2.56. The summed E-state index contributed by atoms with van der Waals surface area (Å²) < 4.78 is 0.963. The monoisotopic (exact) mass is 348 g/mol. The van der Waals surface area contributed by atoms with E-state index < -0.39 is 5.38 Å². The molecule has 0 amide bonds. The maximum atomic E-state index is 12.1. The summed E-state index contributed by atoms with van der Waals surface area (Å²) in [4.78, 5) is 19.3. The van der Waals surface area contributed by atoms with Crippen molar-refractivity contribution in [2.45, 2.75) is 5.38 Å². The molecule has 0 saturated heterocycles. The van der Waals surface area contributed by atoms with E-state index in [1.165, 1.54) is 0 Å². The normalized spacial score (nSPS) is 12.5. The number of para-hydroxylation sites is 2. The zero-order valence-corrected chi connectivity index (χ0v) is 12.6. The number of aromatic nitrogens is 2. The highest BCUT2D eigenvalue weighted by molar-refractivity contribution is 9.10. The van der Waals surface area contributed by atoms with Crippen molar-refractivity contribution >= 4 is 38.6 Å². The number of alkyl halides is 1. The topological polar surface area (TPSA) is 45.8 Å². The minimum absolute atomic E-state index is 0.258. The lowest BCUT2D eigenvalue weighted by Crippen LogP contribution is -2.17. The molecule has 0 unspecified atom stereocenters. The van der Waals surface area contributed by atoms with Gasteiger partial charge in [-0.3, -0.25) is 4.79 Å². The molecule has 0 bridgehead atoms. The van der Waals surface area contributed by atoms with E-state index in [9.17, 15) is 4.79 Å². The molecule has 100 valence electrons. The second kappa shape index (κ2) is 5.38. The maximum Gasteiger partial charge on any atom is 0.272 e. The van der Waals surface area contributed by atoms with Gasteiger partial charge in [-0.2, -0.15) is 0 Å². The molecule has 1 N–H and O–H groups in total. The molecule has 0 aliphatic rings. The number of hydrogen-bond acceptors (Lipinski definition) is 2. The zero-order chi connectivity index (χ0) is 14.1. The molecule has 0 saturated carbocycles. The van der Waals surface area contributed by atoms with E-state index in [0.29, 0.717) is 11.2 Å². The van der Waals surface area contributed by atoms with Crippen molar-refractivity contribution < 1.29 is 0 Å². The van der Waals surface area contributed by atoms with Crippen LogP contribution in [0.15, 0.2) is 57.8 Å². The van der Waals surface area contributed by atoms with E-state index >= 15 is 0 Å². The van der Waals surface area contributed by atoms with Gasteiger partial charge in [0.2, 0.25) is 0 Å². The van der Waals surface area contributed by atoms with Crippen molar-refractivity contribution in [3.05, 3.63) is 74.6 Å². The van der Waals surface area contributed by atoms with Crippen LogP contribution in [0.4, 0.5) is 0 Å². The Balaban J connectivity index is 2.11. The average Bonchev–Trinajstić information content (AvgIpc) is 2.46. The summed E-state index contributed by atoms with van der Waals surface area (Å²) >= 11 is 9.76. The number of rotatable bonds is 2. The summed E-state index contributed by atoms with van der Waals surface area (Å²) in [5.41, 5.74) is 2.33. The molecule has 20 heavy (non-hydrogen) atoms. The number of nitrogens with zero attached hydrogens (tertiary/aromatic N) is 1. The van der Waals surface area contributed by atoms with Gasteiger partial charge in [0, 0.05) is 4.47 Å². The van der Waals surface area contributed by atoms with Crippen molar-refractivity contribution in [2.24, 2.45) is 0 Å². The Hall–Kier alpha value is -1.65. The third-order valence-corrected chi connectivity index (χ3v) is 4.02. The lowest BCUT2D eigenvalue weighted by Gasteiger charge is -2.09. The van der Waals surface area contributed by atoms with Gasteiger partial charge in [-0.1, -0.05) is 40.2 Å². The van der Waals surface area contributed by atoms with Crippen LogP contribution in [0.3, 0.4) is 0 Å². The smallest absolute Gasteiger partial charge is 0.272 e. The van der Waals surface area contributed by atoms with E-state index in [-0.39, 0.29) is 5.56 Å². The molecule has 5 heteroatoms. The summed E-state index contributed by atoms with van der Waals surface area (Å²) in [6, 6.07) is 14.9. The third-order valence-electron chi connectivity index (χ3n) is 3.03. The Bertz CT molecular complexity index is 814. The fraction of sp³-hybridized carbons (Fsp3) is 0.0667. The second-order valence-corrected chi connectivity index (χ2v) is 5.73. The molecule has 2 aromatic carbocycles. The molecule has 3 nitrogen and oxygen atoms in total. The molecule has 1 atom stereocenters. The first kappa shape index (κ1) is 13.3. The summed E-state index contributed by atoms with van der Waals surface area (Å²) in [6.07, 6.45) is 0. The molecule has 0 radical (unpaired) electrons. The number of hydrogen-bond donors (Lipinski definition) is 1. The number of benzene rings is 2. The summed E-state index contributed by atoms with van der Waals surface area (Å²) in [6.45, 7) is 0. The van der Waals surface area contributed by atoms with E-state index in [4.69, 9.17) is 11.6 Å². The average molecular weight is 350 g/mol. The van der Waals surface area contributed by atoms with Crippen molar-refractivity contribution in [2.75, 3.05) is 0 Å². The lowest BCUT2D eigenvalue weighted by atomic mass is 10.1. The highest BCUT2D eigenvalue weighted by Gasteiger charge is 2.17. The van der Waals surface area contributed by atoms with Crippen LogP contribution in [-0.4, -0.2) is 9.97 Å². The van der Waals surface area contributed by atoms with Crippen LogP contribution >= 0.6 is 27.5 Å². The van der Waals surface area contributed by atoms with Gasteiger partial charge in [-0.05, 0) is 29.8 Å². The van der Waals surface area contributed by atoms with Crippen LogP contribution in [0.2, 0.25) is 0 Å². The maximum absolute atomic E-state index is 12.1. The first-order valence-electron chi connectivity index (χ1n) is 6.03. The SMILES string of the molecule is O=c1[nH]c2ccccc2nc1[C@@H](Cl)c1ccc(Br)cc1. The van der Waals surface area contributed by atoms with Crippen LogP contribution in [-0.2, 0) is 0 Å². The molecular weight excluding hydrogens is 340 g/mol. The zero-order valence-electron chi connectivity index (χ0n) is 10.3. The number of aromatic amines is 1. The van der Waals surface area contributed by atoms with E-state index in [2.05, 4.69) is 25.9 Å². The van der Waals surface area contributed by atoms with Gasteiger partial charge in [0.1, 0.15) is 11.1 Å². The van der Waals surface area contributed by atoms with Crippen LogP contribution < -0.4 is 5.56 Å². The number of nitrogens with one attached hydrogen (secondary N) is 1. The predicted octanol–water partition coefficient (Wildman–Crippen LogP) is 4.01. The lowest BCUT2D eigenvalue weighted by molar-refractivity contribution is 0.999. The molecule has 1 heterocycles. The highest BCUT2D eigenvalue weighted by Crippen LogP contribution is 2.27. The van der Waals surface area contributed by atoms with Crippen molar-refractivity contribution in [3.8, 4) is 0 Å². The van der Waals surface area contributed by atoms with Gasteiger partial charge >= 0.3 is 0 Å². The summed E-state index contributed by atoms with van der Waals surface area (Å²) in [7, 11) is 0. The first-order chi connectivity index (χ1) is 9.65. The molecule has 0 aliphatic heterocycles. The Kier molecular flexibility index (Phi) is 3.59. The highest BCUT2D eigenvalue weighted by atomic mass is 79.9. The van der Waals surface area contributed by atoms with E-state index in [1.807, 2.05) is 48.5 Å². The van der Waals surface area contributed by atoms with Crippen LogP contribution in [0, 0.1) is 0 Å². The van der Waals surface area contributed by atoms with Gasteiger partial charge in [0.25, 0.3) is 5.56 Å². The largest absolute Gasteiger partial charge is 0.319 e. The Morgan fingerprint density at radius 3 is 2.55 bits per heavy atom.